The van der Waals surface area contributed by atoms with E-state index in [4.69, 9.17) is 35.4 Å². The lowest BCUT2D eigenvalue weighted by molar-refractivity contribution is 0.101. The zero-order chi connectivity index (χ0) is 16.4. The van der Waals surface area contributed by atoms with Gasteiger partial charge in [0.15, 0.2) is 5.82 Å². The topological polar surface area (TPSA) is 62.7 Å². The lowest BCUT2D eigenvalue weighted by Gasteiger charge is -2.09. The monoisotopic (exact) mass is 364 g/mol. The molecule has 5 nitrogen and oxygen atoms in total. The predicted molar refractivity (Wildman–Crippen MR) is 93.0 cm³/mol. The van der Waals surface area contributed by atoms with Crippen LogP contribution >= 0.6 is 35.4 Å². The Morgan fingerprint density at radius 2 is 1.61 bits per heavy atom. The average Bonchev–Trinajstić information content (AvgIpc) is 2.90. The standard InChI is InChI=1S/C15H10Cl2N4OS/c16-11-5-1-9(2-6-11)13-18-19-15(23)21(13)20-14(22)10-3-7-12(17)8-4-10/h1-8H,(H,19,23)(H,20,22). The van der Waals surface area contributed by atoms with Crippen molar-refractivity contribution in [3.05, 3.63) is 68.9 Å². The minimum atomic E-state index is -0.325. The van der Waals surface area contributed by atoms with Gasteiger partial charge in [0.2, 0.25) is 4.77 Å². The van der Waals surface area contributed by atoms with Gasteiger partial charge < -0.3 is 0 Å². The smallest absolute Gasteiger partial charge is 0.267 e. The van der Waals surface area contributed by atoms with E-state index in [0.717, 1.165) is 5.56 Å². The van der Waals surface area contributed by atoms with E-state index < -0.39 is 0 Å². The number of hydrogen-bond donors (Lipinski definition) is 2. The van der Waals surface area contributed by atoms with Crippen LogP contribution in [0.5, 0.6) is 0 Å². The highest BCUT2D eigenvalue weighted by molar-refractivity contribution is 7.71. The highest BCUT2D eigenvalue weighted by Crippen LogP contribution is 2.19. The van der Waals surface area contributed by atoms with Crippen molar-refractivity contribution in [3.63, 3.8) is 0 Å². The maximum atomic E-state index is 12.3. The van der Waals surface area contributed by atoms with E-state index in [0.29, 0.717) is 21.4 Å². The van der Waals surface area contributed by atoms with Crippen molar-refractivity contribution < 1.29 is 4.79 Å². The number of carbonyl (C=O) groups excluding carboxylic acids is 1. The summed E-state index contributed by atoms with van der Waals surface area (Å²) in [6.45, 7) is 0. The van der Waals surface area contributed by atoms with Crippen LogP contribution in [0, 0.1) is 4.77 Å². The Kier molecular flexibility index (Phi) is 4.47. The van der Waals surface area contributed by atoms with Gasteiger partial charge in [0.1, 0.15) is 0 Å². The summed E-state index contributed by atoms with van der Waals surface area (Å²) in [4.78, 5) is 12.3. The van der Waals surface area contributed by atoms with E-state index in [1.807, 2.05) is 0 Å². The Balaban J connectivity index is 1.93. The first kappa shape index (κ1) is 15.7. The molecule has 116 valence electrons. The molecule has 2 N–H and O–H groups in total. The van der Waals surface area contributed by atoms with Crippen LogP contribution in [0.15, 0.2) is 48.5 Å². The zero-order valence-electron chi connectivity index (χ0n) is 11.6. The number of nitrogens with one attached hydrogen (secondary N) is 2. The quantitative estimate of drug-likeness (QED) is 0.681. The van der Waals surface area contributed by atoms with Crippen molar-refractivity contribution in [3.8, 4) is 11.4 Å². The Hall–Kier alpha value is -2.15. The summed E-state index contributed by atoms with van der Waals surface area (Å²) in [5.41, 5.74) is 3.93. The van der Waals surface area contributed by atoms with Crippen molar-refractivity contribution in [2.75, 3.05) is 5.43 Å². The van der Waals surface area contributed by atoms with Crippen LogP contribution in [0.3, 0.4) is 0 Å². The Labute approximate surface area is 146 Å². The third-order valence-corrected chi connectivity index (χ3v) is 3.87. The van der Waals surface area contributed by atoms with E-state index in [9.17, 15) is 4.79 Å². The fourth-order valence-electron chi connectivity index (χ4n) is 1.96. The first-order valence-corrected chi connectivity index (χ1v) is 7.71. The zero-order valence-corrected chi connectivity index (χ0v) is 13.9. The van der Waals surface area contributed by atoms with Crippen molar-refractivity contribution in [1.29, 1.82) is 0 Å². The van der Waals surface area contributed by atoms with Crippen molar-refractivity contribution in [2.24, 2.45) is 0 Å². The van der Waals surface area contributed by atoms with Gasteiger partial charge in [-0.15, -0.1) is 0 Å². The molecule has 0 radical (unpaired) electrons. The van der Waals surface area contributed by atoms with E-state index in [2.05, 4.69) is 15.6 Å². The third kappa shape index (κ3) is 3.44. The molecule has 0 saturated heterocycles. The van der Waals surface area contributed by atoms with Gasteiger partial charge in [-0.25, -0.2) is 9.77 Å². The number of hydrogen-bond acceptors (Lipinski definition) is 3. The molecule has 1 amide bonds. The van der Waals surface area contributed by atoms with Gasteiger partial charge in [-0.2, -0.15) is 5.10 Å². The van der Waals surface area contributed by atoms with Crippen molar-refractivity contribution in [1.82, 2.24) is 14.9 Å². The second-order valence-electron chi connectivity index (χ2n) is 4.64. The summed E-state index contributed by atoms with van der Waals surface area (Å²) in [6.07, 6.45) is 0. The van der Waals surface area contributed by atoms with E-state index in [-0.39, 0.29) is 10.7 Å². The van der Waals surface area contributed by atoms with Gasteiger partial charge in [-0.1, -0.05) is 23.2 Å². The van der Waals surface area contributed by atoms with Gasteiger partial charge >= 0.3 is 0 Å². The first-order chi connectivity index (χ1) is 11.0. The molecule has 2 aromatic carbocycles. The molecule has 0 fully saturated rings. The van der Waals surface area contributed by atoms with Crippen LogP contribution in [0.1, 0.15) is 10.4 Å². The number of halogens is 2. The van der Waals surface area contributed by atoms with Gasteiger partial charge in [-0.3, -0.25) is 10.2 Å². The first-order valence-electron chi connectivity index (χ1n) is 6.55. The Morgan fingerprint density at radius 1 is 1.04 bits per heavy atom. The van der Waals surface area contributed by atoms with Crippen molar-refractivity contribution >= 4 is 41.3 Å². The normalized spacial score (nSPS) is 10.5. The summed E-state index contributed by atoms with van der Waals surface area (Å²) in [5.74, 6) is 0.156. The van der Waals surface area contributed by atoms with Crippen LogP contribution in [-0.2, 0) is 0 Å². The van der Waals surface area contributed by atoms with E-state index in [1.165, 1.54) is 4.68 Å². The minimum absolute atomic E-state index is 0.275. The maximum Gasteiger partial charge on any atom is 0.270 e. The number of benzene rings is 2. The molecule has 8 heteroatoms. The fraction of sp³-hybridized carbons (Fsp3) is 0. The number of rotatable bonds is 3. The molecule has 3 aromatic rings. The molecule has 0 spiro atoms. The van der Waals surface area contributed by atoms with Crippen LogP contribution < -0.4 is 5.43 Å². The van der Waals surface area contributed by atoms with E-state index in [1.54, 1.807) is 48.5 Å². The highest BCUT2D eigenvalue weighted by Gasteiger charge is 2.13. The number of aromatic amines is 1. The second-order valence-corrected chi connectivity index (χ2v) is 5.90. The van der Waals surface area contributed by atoms with Crippen LogP contribution in [-0.4, -0.2) is 20.8 Å². The summed E-state index contributed by atoms with van der Waals surface area (Å²) in [6, 6.07) is 13.6. The van der Waals surface area contributed by atoms with Crippen molar-refractivity contribution in [2.45, 2.75) is 0 Å². The number of aromatic nitrogens is 3. The van der Waals surface area contributed by atoms with Gasteiger partial charge in [-0.05, 0) is 60.7 Å². The molecular formula is C15H10Cl2N4OS. The minimum Gasteiger partial charge on any atom is -0.267 e. The maximum absolute atomic E-state index is 12.3. The Bertz CT molecular complexity index is 900. The van der Waals surface area contributed by atoms with Crippen LogP contribution in [0.25, 0.3) is 11.4 Å². The second kappa shape index (κ2) is 6.54. The van der Waals surface area contributed by atoms with Crippen LogP contribution in [0.4, 0.5) is 0 Å². The van der Waals surface area contributed by atoms with E-state index >= 15 is 0 Å². The molecule has 0 atom stereocenters. The molecule has 23 heavy (non-hydrogen) atoms. The highest BCUT2D eigenvalue weighted by atomic mass is 35.5. The summed E-state index contributed by atoms with van der Waals surface area (Å²) >= 11 is 16.9. The van der Waals surface area contributed by atoms with Crippen LogP contribution in [0.2, 0.25) is 10.0 Å². The molecule has 1 aromatic heterocycles. The summed E-state index contributed by atoms with van der Waals surface area (Å²) < 4.78 is 1.69. The molecule has 0 aliphatic carbocycles. The molecule has 1 heterocycles. The molecule has 0 bridgehead atoms. The Morgan fingerprint density at radius 3 is 2.22 bits per heavy atom. The number of carbonyl (C=O) groups is 1. The SMILES string of the molecule is O=C(Nn1c(-c2ccc(Cl)cc2)n[nH]c1=S)c1ccc(Cl)cc1. The largest absolute Gasteiger partial charge is 0.270 e. The molecule has 3 rings (SSSR count). The van der Waals surface area contributed by atoms with Gasteiger partial charge in [0, 0.05) is 21.2 Å². The third-order valence-electron chi connectivity index (χ3n) is 3.09. The summed E-state index contributed by atoms with van der Waals surface area (Å²) in [7, 11) is 0. The van der Waals surface area contributed by atoms with Gasteiger partial charge in [0.25, 0.3) is 5.91 Å². The number of amides is 1. The number of H-pyrrole nitrogens is 1. The molecular weight excluding hydrogens is 355 g/mol. The fourth-order valence-corrected chi connectivity index (χ4v) is 2.39. The lowest BCUT2D eigenvalue weighted by Crippen LogP contribution is -2.23. The molecule has 0 saturated carbocycles. The molecule has 0 aliphatic heterocycles. The lowest BCUT2D eigenvalue weighted by atomic mass is 10.2. The molecule has 0 unspecified atom stereocenters. The molecule has 0 aliphatic rings. The van der Waals surface area contributed by atoms with Gasteiger partial charge in [0.05, 0.1) is 0 Å². The summed E-state index contributed by atoms with van der Waals surface area (Å²) in [5, 5.41) is 7.98. The number of nitrogens with zero attached hydrogens (tertiary/aromatic N) is 2. The average molecular weight is 365 g/mol. The predicted octanol–water partition coefficient (Wildman–Crippen LogP) is 4.30.